The van der Waals surface area contributed by atoms with Crippen molar-refractivity contribution in [1.29, 1.82) is 0 Å². The third-order valence-electron chi connectivity index (χ3n) is 3.29. The van der Waals surface area contributed by atoms with Crippen molar-refractivity contribution in [3.05, 3.63) is 22.7 Å². The molecule has 20 heavy (non-hydrogen) atoms. The van der Waals surface area contributed by atoms with Gasteiger partial charge in [0.2, 0.25) is 5.91 Å². The van der Waals surface area contributed by atoms with E-state index >= 15 is 0 Å². The fourth-order valence-corrected chi connectivity index (χ4v) is 1.97. The van der Waals surface area contributed by atoms with Crippen LogP contribution in [0.3, 0.4) is 0 Å². The molecular formula is C13H18BrN3O3. The number of benzene rings is 1. The van der Waals surface area contributed by atoms with Gasteiger partial charge in [0.15, 0.2) is 5.84 Å². The minimum Gasteiger partial charge on any atom is -0.495 e. The molecule has 110 valence electrons. The first-order valence-corrected chi connectivity index (χ1v) is 6.81. The van der Waals surface area contributed by atoms with Crippen molar-refractivity contribution in [3.63, 3.8) is 0 Å². The Labute approximate surface area is 126 Å². The lowest BCUT2D eigenvalue weighted by Crippen LogP contribution is -2.44. The molecule has 4 N–H and O–H groups in total. The van der Waals surface area contributed by atoms with Crippen molar-refractivity contribution in [2.75, 3.05) is 12.4 Å². The maximum absolute atomic E-state index is 12.4. The summed E-state index contributed by atoms with van der Waals surface area (Å²) in [5.74, 6) is 0.0256. The molecule has 0 bridgehead atoms. The molecule has 0 aromatic heterocycles. The second-order valence-electron chi connectivity index (χ2n) is 4.47. The summed E-state index contributed by atoms with van der Waals surface area (Å²) in [6.45, 7) is 3.40. The van der Waals surface area contributed by atoms with E-state index in [0.717, 1.165) is 4.47 Å². The lowest BCUT2D eigenvalue weighted by molar-refractivity contribution is -0.121. The van der Waals surface area contributed by atoms with Crippen LogP contribution in [0.4, 0.5) is 5.69 Å². The second-order valence-corrected chi connectivity index (χ2v) is 5.39. The first-order valence-electron chi connectivity index (χ1n) is 6.02. The molecule has 6 nitrogen and oxygen atoms in total. The van der Waals surface area contributed by atoms with Crippen LogP contribution >= 0.6 is 15.9 Å². The van der Waals surface area contributed by atoms with E-state index in [1.807, 2.05) is 0 Å². The molecule has 1 rings (SSSR count). The van der Waals surface area contributed by atoms with E-state index in [4.69, 9.17) is 15.7 Å². The van der Waals surface area contributed by atoms with Crippen LogP contribution in [0.25, 0.3) is 0 Å². The first-order chi connectivity index (χ1) is 9.38. The average molecular weight is 344 g/mol. The van der Waals surface area contributed by atoms with E-state index in [0.29, 0.717) is 17.9 Å². The quantitative estimate of drug-likeness (QED) is 0.331. The number of halogens is 1. The Bertz CT molecular complexity index is 534. The Morgan fingerprint density at radius 3 is 2.75 bits per heavy atom. The van der Waals surface area contributed by atoms with Crippen LogP contribution in [-0.4, -0.2) is 24.1 Å². The number of oxime groups is 1. The first kappa shape index (κ1) is 16.3. The van der Waals surface area contributed by atoms with Crippen LogP contribution in [0.2, 0.25) is 0 Å². The van der Waals surface area contributed by atoms with E-state index in [1.54, 1.807) is 32.0 Å². The van der Waals surface area contributed by atoms with Crippen molar-refractivity contribution >= 4 is 33.4 Å². The van der Waals surface area contributed by atoms with Crippen LogP contribution in [-0.2, 0) is 4.79 Å². The number of hydrogen-bond acceptors (Lipinski definition) is 4. The highest BCUT2D eigenvalue weighted by molar-refractivity contribution is 9.10. The number of carbonyl (C=O) groups excluding carboxylic acids is 1. The van der Waals surface area contributed by atoms with Gasteiger partial charge in [-0.05, 0) is 31.5 Å². The molecule has 7 heteroatoms. The molecule has 1 unspecified atom stereocenters. The normalized spacial score (nSPS) is 14.5. The molecule has 0 heterocycles. The van der Waals surface area contributed by atoms with E-state index < -0.39 is 5.41 Å². The van der Waals surface area contributed by atoms with Crippen LogP contribution in [0.5, 0.6) is 5.75 Å². The largest absolute Gasteiger partial charge is 0.495 e. The van der Waals surface area contributed by atoms with E-state index in [1.165, 1.54) is 7.11 Å². The fraction of sp³-hybridized carbons (Fsp3) is 0.385. The Kier molecular flexibility index (Phi) is 5.38. The van der Waals surface area contributed by atoms with Crippen molar-refractivity contribution in [3.8, 4) is 5.75 Å². The molecule has 1 atom stereocenters. The average Bonchev–Trinajstić information content (AvgIpc) is 2.45. The number of anilines is 1. The predicted molar refractivity (Wildman–Crippen MR) is 81.1 cm³/mol. The standard InChI is InChI=1S/C13H18BrN3O3/c1-4-13(2,11(15)17-19)12(18)16-9-7-8(14)5-6-10(9)20-3/h5-7,19H,4H2,1-3H3,(H2,15,17)(H,16,18). The molecule has 1 aromatic carbocycles. The van der Waals surface area contributed by atoms with Crippen molar-refractivity contribution in [2.24, 2.45) is 16.3 Å². The number of nitrogens with zero attached hydrogens (tertiary/aromatic N) is 1. The highest BCUT2D eigenvalue weighted by Crippen LogP contribution is 2.30. The van der Waals surface area contributed by atoms with Crippen molar-refractivity contribution in [1.82, 2.24) is 0 Å². The monoisotopic (exact) mass is 343 g/mol. The van der Waals surface area contributed by atoms with Gasteiger partial charge < -0.3 is 21.0 Å². The molecule has 0 aliphatic rings. The van der Waals surface area contributed by atoms with Crippen LogP contribution in [0.15, 0.2) is 27.8 Å². The van der Waals surface area contributed by atoms with Crippen LogP contribution in [0, 0.1) is 5.41 Å². The molecule has 1 amide bonds. The molecular weight excluding hydrogens is 326 g/mol. The lowest BCUT2D eigenvalue weighted by Gasteiger charge is -2.25. The summed E-state index contributed by atoms with van der Waals surface area (Å²) in [6.07, 6.45) is 0.394. The topological polar surface area (TPSA) is 96.9 Å². The molecule has 0 spiro atoms. The van der Waals surface area contributed by atoms with E-state index in [-0.39, 0.29) is 11.7 Å². The summed E-state index contributed by atoms with van der Waals surface area (Å²) < 4.78 is 5.99. The van der Waals surface area contributed by atoms with E-state index in [9.17, 15) is 4.79 Å². The summed E-state index contributed by atoms with van der Waals surface area (Å²) in [4.78, 5) is 12.4. The molecule has 0 radical (unpaired) electrons. The molecule has 0 saturated carbocycles. The SMILES string of the molecule is CCC(C)(C(=O)Nc1cc(Br)ccc1OC)/C(N)=N/O. The zero-order valence-electron chi connectivity index (χ0n) is 11.6. The Morgan fingerprint density at radius 1 is 1.60 bits per heavy atom. The smallest absolute Gasteiger partial charge is 0.238 e. The number of nitrogens with one attached hydrogen (secondary N) is 1. The second kappa shape index (κ2) is 6.60. The van der Waals surface area contributed by atoms with Crippen LogP contribution < -0.4 is 15.8 Å². The number of rotatable bonds is 5. The number of amides is 1. The molecule has 1 aromatic rings. The minimum absolute atomic E-state index is 0.133. The van der Waals surface area contributed by atoms with Gasteiger partial charge in [0, 0.05) is 4.47 Å². The Hall–Kier alpha value is -1.76. The number of carbonyl (C=O) groups is 1. The van der Waals surface area contributed by atoms with Crippen molar-refractivity contribution in [2.45, 2.75) is 20.3 Å². The van der Waals surface area contributed by atoms with Gasteiger partial charge in [-0.3, -0.25) is 4.79 Å². The van der Waals surface area contributed by atoms with Gasteiger partial charge >= 0.3 is 0 Å². The Morgan fingerprint density at radius 2 is 2.25 bits per heavy atom. The predicted octanol–water partition coefficient (Wildman–Crippen LogP) is 2.56. The maximum atomic E-state index is 12.4. The van der Waals surface area contributed by atoms with Gasteiger partial charge in [0.05, 0.1) is 12.8 Å². The van der Waals surface area contributed by atoms with E-state index in [2.05, 4.69) is 26.4 Å². The number of methoxy groups -OCH3 is 1. The zero-order chi connectivity index (χ0) is 15.3. The fourth-order valence-electron chi connectivity index (χ4n) is 1.61. The summed E-state index contributed by atoms with van der Waals surface area (Å²) in [5.41, 5.74) is 5.03. The van der Waals surface area contributed by atoms with Gasteiger partial charge in [0.1, 0.15) is 11.2 Å². The molecule has 0 saturated heterocycles. The summed E-state index contributed by atoms with van der Waals surface area (Å²) in [6, 6.07) is 5.25. The number of nitrogens with two attached hydrogens (primary N) is 1. The lowest BCUT2D eigenvalue weighted by atomic mass is 9.85. The number of hydrogen-bond donors (Lipinski definition) is 3. The van der Waals surface area contributed by atoms with Gasteiger partial charge in [0.25, 0.3) is 0 Å². The highest BCUT2D eigenvalue weighted by Gasteiger charge is 2.36. The summed E-state index contributed by atoms with van der Waals surface area (Å²) in [7, 11) is 1.52. The van der Waals surface area contributed by atoms with Gasteiger partial charge in [-0.1, -0.05) is 28.0 Å². The summed E-state index contributed by atoms with van der Waals surface area (Å²) >= 11 is 3.33. The van der Waals surface area contributed by atoms with Gasteiger partial charge in [-0.2, -0.15) is 0 Å². The van der Waals surface area contributed by atoms with Gasteiger partial charge in [-0.15, -0.1) is 0 Å². The van der Waals surface area contributed by atoms with Gasteiger partial charge in [-0.25, -0.2) is 0 Å². The number of ether oxygens (including phenoxy) is 1. The minimum atomic E-state index is -1.10. The summed E-state index contributed by atoms with van der Waals surface area (Å²) in [5, 5.41) is 14.5. The third-order valence-corrected chi connectivity index (χ3v) is 3.78. The maximum Gasteiger partial charge on any atom is 0.238 e. The highest BCUT2D eigenvalue weighted by atomic mass is 79.9. The number of amidine groups is 1. The molecule has 0 aliphatic heterocycles. The van der Waals surface area contributed by atoms with Crippen LogP contribution in [0.1, 0.15) is 20.3 Å². The zero-order valence-corrected chi connectivity index (χ0v) is 13.2. The molecule has 0 aliphatic carbocycles. The Balaban J connectivity index is 3.09. The van der Waals surface area contributed by atoms with Crippen molar-refractivity contribution < 1.29 is 14.7 Å². The molecule has 0 fully saturated rings. The third kappa shape index (κ3) is 3.22.